The fraction of sp³-hybridized carbons (Fsp3) is 0.273. The summed E-state index contributed by atoms with van der Waals surface area (Å²) in [6.07, 6.45) is 0.995. The number of benzene rings is 2. The number of carbonyl (C=O) groups is 1. The van der Waals surface area contributed by atoms with Gasteiger partial charge in [-0.15, -0.1) is 0 Å². The standard InChI is InChI=1S/C22H25N3O/c1-15-5-10-21-19(13-15)20(14-16(2)23-21)22(26)24-18-8-6-17(7-9-18)11-12-25(3)4/h5-10,13-14H,11-12H2,1-4H3,(H,24,26). The third-order valence-corrected chi connectivity index (χ3v) is 4.40. The Bertz CT molecular complexity index is 930. The molecule has 134 valence electrons. The van der Waals surface area contributed by atoms with Crippen molar-refractivity contribution in [2.45, 2.75) is 20.3 Å². The molecule has 1 amide bonds. The molecule has 1 aromatic heterocycles. The maximum Gasteiger partial charge on any atom is 0.256 e. The third-order valence-electron chi connectivity index (χ3n) is 4.40. The van der Waals surface area contributed by atoms with Gasteiger partial charge >= 0.3 is 0 Å². The van der Waals surface area contributed by atoms with Crippen molar-refractivity contribution in [1.82, 2.24) is 9.88 Å². The van der Waals surface area contributed by atoms with Crippen LogP contribution in [0.2, 0.25) is 0 Å². The average molecular weight is 347 g/mol. The molecule has 26 heavy (non-hydrogen) atoms. The van der Waals surface area contributed by atoms with E-state index in [1.807, 2.05) is 50.2 Å². The monoisotopic (exact) mass is 347 g/mol. The predicted molar refractivity (Wildman–Crippen MR) is 108 cm³/mol. The van der Waals surface area contributed by atoms with E-state index in [1.54, 1.807) is 0 Å². The van der Waals surface area contributed by atoms with Gasteiger partial charge in [0.2, 0.25) is 0 Å². The first-order valence-electron chi connectivity index (χ1n) is 8.85. The van der Waals surface area contributed by atoms with Gasteiger partial charge in [0.25, 0.3) is 5.91 Å². The van der Waals surface area contributed by atoms with Gasteiger partial charge in [0.05, 0.1) is 11.1 Å². The number of aryl methyl sites for hydroxylation is 2. The van der Waals surface area contributed by atoms with E-state index in [0.29, 0.717) is 5.56 Å². The number of nitrogens with one attached hydrogen (secondary N) is 1. The quantitative estimate of drug-likeness (QED) is 0.752. The number of amides is 1. The Morgan fingerprint density at radius 1 is 1.04 bits per heavy atom. The number of fused-ring (bicyclic) bond motifs is 1. The van der Waals surface area contributed by atoms with Crippen LogP contribution in [0.25, 0.3) is 10.9 Å². The first-order valence-corrected chi connectivity index (χ1v) is 8.85. The molecular formula is C22H25N3O. The number of likely N-dealkylation sites (N-methyl/N-ethyl adjacent to an activating group) is 1. The van der Waals surface area contributed by atoms with E-state index in [2.05, 4.69) is 41.4 Å². The number of nitrogens with zero attached hydrogens (tertiary/aromatic N) is 2. The Morgan fingerprint density at radius 2 is 1.77 bits per heavy atom. The van der Waals surface area contributed by atoms with Crippen LogP contribution in [0.3, 0.4) is 0 Å². The predicted octanol–water partition coefficient (Wildman–Crippen LogP) is 4.21. The van der Waals surface area contributed by atoms with Gasteiger partial charge in [-0.2, -0.15) is 0 Å². The van der Waals surface area contributed by atoms with Crippen molar-refractivity contribution >= 4 is 22.5 Å². The molecule has 0 fully saturated rings. The maximum atomic E-state index is 12.8. The molecule has 0 aliphatic carbocycles. The summed E-state index contributed by atoms with van der Waals surface area (Å²) in [6.45, 7) is 4.94. The Hall–Kier alpha value is -2.72. The molecule has 0 saturated carbocycles. The SMILES string of the molecule is Cc1ccc2nc(C)cc(C(=O)Nc3ccc(CCN(C)C)cc3)c2c1. The number of rotatable bonds is 5. The molecule has 0 radical (unpaired) electrons. The van der Waals surface area contributed by atoms with E-state index in [1.165, 1.54) is 5.56 Å². The second kappa shape index (κ2) is 7.67. The van der Waals surface area contributed by atoms with E-state index in [0.717, 1.165) is 40.8 Å². The van der Waals surface area contributed by atoms with Gasteiger partial charge < -0.3 is 10.2 Å². The number of anilines is 1. The van der Waals surface area contributed by atoms with Crippen LogP contribution in [0.1, 0.15) is 27.2 Å². The Kier molecular flexibility index (Phi) is 5.33. The summed E-state index contributed by atoms with van der Waals surface area (Å²) in [4.78, 5) is 19.5. The van der Waals surface area contributed by atoms with Crippen molar-refractivity contribution in [3.05, 3.63) is 70.9 Å². The van der Waals surface area contributed by atoms with Crippen molar-refractivity contribution in [2.24, 2.45) is 0 Å². The summed E-state index contributed by atoms with van der Waals surface area (Å²) >= 11 is 0. The summed E-state index contributed by atoms with van der Waals surface area (Å²) in [5.41, 5.74) is 5.53. The molecule has 0 aliphatic heterocycles. The zero-order valence-corrected chi connectivity index (χ0v) is 15.8. The topological polar surface area (TPSA) is 45.2 Å². The third kappa shape index (κ3) is 4.27. The average Bonchev–Trinajstić information content (AvgIpc) is 2.60. The molecule has 0 unspecified atom stereocenters. The first kappa shape index (κ1) is 18.1. The molecule has 4 nitrogen and oxygen atoms in total. The van der Waals surface area contributed by atoms with E-state index in [9.17, 15) is 4.79 Å². The van der Waals surface area contributed by atoms with Crippen LogP contribution in [0, 0.1) is 13.8 Å². The van der Waals surface area contributed by atoms with Crippen LogP contribution in [-0.4, -0.2) is 36.4 Å². The van der Waals surface area contributed by atoms with Gasteiger partial charge in [0.15, 0.2) is 0 Å². The van der Waals surface area contributed by atoms with Gasteiger partial charge in [-0.3, -0.25) is 9.78 Å². The van der Waals surface area contributed by atoms with Crippen LogP contribution < -0.4 is 5.32 Å². The zero-order chi connectivity index (χ0) is 18.7. The molecule has 0 spiro atoms. The van der Waals surface area contributed by atoms with Crippen molar-refractivity contribution in [2.75, 3.05) is 26.0 Å². The normalized spacial score (nSPS) is 11.1. The van der Waals surface area contributed by atoms with E-state index in [-0.39, 0.29) is 5.91 Å². The highest BCUT2D eigenvalue weighted by Gasteiger charge is 2.12. The summed E-state index contributed by atoms with van der Waals surface area (Å²) in [5.74, 6) is -0.104. The fourth-order valence-electron chi connectivity index (χ4n) is 2.97. The van der Waals surface area contributed by atoms with Crippen molar-refractivity contribution in [1.29, 1.82) is 0 Å². The molecule has 0 atom stereocenters. The number of pyridine rings is 1. The smallest absolute Gasteiger partial charge is 0.256 e. The molecular weight excluding hydrogens is 322 g/mol. The van der Waals surface area contributed by atoms with Gasteiger partial charge in [-0.25, -0.2) is 0 Å². The van der Waals surface area contributed by atoms with E-state index < -0.39 is 0 Å². The number of hydrogen-bond acceptors (Lipinski definition) is 3. The molecule has 3 aromatic rings. The fourth-order valence-corrected chi connectivity index (χ4v) is 2.97. The summed E-state index contributed by atoms with van der Waals surface area (Å²) in [5, 5.41) is 3.90. The lowest BCUT2D eigenvalue weighted by molar-refractivity contribution is 0.102. The van der Waals surface area contributed by atoms with Gasteiger partial charge in [-0.05, 0) is 70.3 Å². The molecule has 0 aliphatic rings. The van der Waals surface area contributed by atoms with Gasteiger partial charge in [-0.1, -0.05) is 23.8 Å². The molecule has 4 heteroatoms. The van der Waals surface area contributed by atoms with E-state index in [4.69, 9.17) is 0 Å². The van der Waals surface area contributed by atoms with Gasteiger partial charge in [0, 0.05) is 23.3 Å². The minimum Gasteiger partial charge on any atom is -0.322 e. The largest absolute Gasteiger partial charge is 0.322 e. The zero-order valence-electron chi connectivity index (χ0n) is 15.8. The van der Waals surface area contributed by atoms with Crippen molar-refractivity contribution < 1.29 is 4.79 Å². The Balaban J connectivity index is 1.82. The molecule has 0 saturated heterocycles. The Labute approximate surface area is 154 Å². The molecule has 2 aromatic carbocycles. The lowest BCUT2D eigenvalue weighted by Gasteiger charge is -2.11. The molecule has 3 rings (SSSR count). The number of aromatic nitrogens is 1. The van der Waals surface area contributed by atoms with Crippen LogP contribution >= 0.6 is 0 Å². The first-order chi connectivity index (χ1) is 12.4. The summed E-state index contributed by atoms with van der Waals surface area (Å²) < 4.78 is 0. The highest BCUT2D eigenvalue weighted by atomic mass is 16.1. The number of hydrogen-bond donors (Lipinski definition) is 1. The van der Waals surface area contributed by atoms with Crippen molar-refractivity contribution in [3.63, 3.8) is 0 Å². The van der Waals surface area contributed by atoms with Crippen molar-refractivity contribution in [3.8, 4) is 0 Å². The highest BCUT2D eigenvalue weighted by Crippen LogP contribution is 2.21. The summed E-state index contributed by atoms with van der Waals surface area (Å²) in [6, 6.07) is 15.9. The lowest BCUT2D eigenvalue weighted by atomic mass is 10.0. The minimum absolute atomic E-state index is 0.104. The molecule has 0 bridgehead atoms. The maximum absolute atomic E-state index is 12.8. The van der Waals surface area contributed by atoms with Crippen LogP contribution in [0.4, 0.5) is 5.69 Å². The Morgan fingerprint density at radius 3 is 2.46 bits per heavy atom. The number of carbonyl (C=O) groups excluding carboxylic acids is 1. The second-order valence-corrected chi connectivity index (χ2v) is 7.04. The minimum atomic E-state index is -0.104. The van der Waals surface area contributed by atoms with E-state index >= 15 is 0 Å². The highest BCUT2D eigenvalue weighted by molar-refractivity contribution is 6.12. The van der Waals surface area contributed by atoms with Crippen LogP contribution in [0.15, 0.2) is 48.5 Å². The van der Waals surface area contributed by atoms with Crippen LogP contribution in [-0.2, 0) is 6.42 Å². The lowest BCUT2D eigenvalue weighted by Crippen LogP contribution is -2.15. The van der Waals surface area contributed by atoms with Crippen LogP contribution in [0.5, 0.6) is 0 Å². The molecule has 1 heterocycles. The summed E-state index contributed by atoms with van der Waals surface area (Å²) in [7, 11) is 4.13. The van der Waals surface area contributed by atoms with Gasteiger partial charge in [0.1, 0.15) is 0 Å². The second-order valence-electron chi connectivity index (χ2n) is 7.04. The molecule has 1 N–H and O–H groups in total.